The van der Waals surface area contributed by atoms with Crippen molar-refractivity contribution >= 4 is 6.03 Å². The highest BCUT2D eigenvalue weighted by atomic mass is 16.3. The highest BCUT2D eigenvalue weighted by molar-refractivity contribution is 5.73. The molecule has 0 saturated heterocycles. The Balaban J connectivity index is 1.65. The van der Waals surface area contributed by atoms with Crippen LogP contribution in [-0.2, 0) is 0 Å². The van der Waals surface area contributed by atoms with Gasteiger partial charge in [0.05, 0.1) is 6.61 Å². The van der Waals surface area contributed by atoms with Crippen molar-refractivity contribution in [3.8, 4) is 0 Å². The molecule has 114 valence electrons. The van der Waals surface area contributed by atoms with Crippen molar-refractivity contribution in [2.75, 3.05) is 19.7 Å². The lowest BCUT2D eigenvalue weighted by Gasteiger charge is -2.65. The summed E-state index contributed by atoms with van der Waals surface area (Å²) in [7, 11) is 0. The fraction of sp³-hybridized carbons (Fsp3) is 0.938. The molecule has 2 unspecified atom stereocenters. The molecular formula is C16H28N2O2. The normalized spacial score (nSPS) is 45.5. The van der Waals surface area contributed by atoms with Gasteiger partial charge >= 0.3 is 6.03 Å². The molecule has 4 aliphatic carbocycles. The molecule has 4 nitrogen and oxygen atoms in total. The van der Waals surface area contributed by atoms with Crippen LogP contribution in [-0.4, -0.2) is 30.8 Å². The number of hydrogen-bond acceptors (Lipinski definition) is 2. The Morgan fingerprint density at radius 1 is 1.10 bits per heavy atom. The summed E-state index contributed by atoms with van der Waals surface area (Å²) in [6.07, 6.45) is 7.98. The van der Waals surface area contributed by atoms with Gasteiger partial charge in [0, 0.05) is 13.1 Å². The van der Waals surface area contributed by atoms with Crippen LogP contribution < -0.4 is 10.6 Å². The largest absolute Gasteiger partial charge is 0.395 e. The van der Waals surface area contributed by atoms with Crippen LogP contribution in [0.2, 0.25) is 0 Å². The van der Waals surface area contributed by atoms with Crippen molar-refractivity contribution in [2.45, 2.75) is 52.4 Å². The number of urea groups is 1. The summed E-state index contributed by atoms with van der Waals surface area (Å²) in [5, 5.41) is 14.5. The van der Waals surface area contributed by atoms with E-state index in [1.54, 1.807) is 0 Å². The molecule has 20 heavy (non-hydrogen) atoms. The maximum absolute atomic E-state index is 11.7. The number of hydrogen-bond donors (Lipinski definition) is 3. The summed E-state index contributed by atoms with van der Waals surface area (Å²) in [6, 6.07) is -0.134. The summed E-state index contributed by atoms with van der Waals surface area (Å²) in [4.78, 5) is 11.7. The molecule has 2 atom stereocenters. The molecule has 3 N–H and O–H groups in total. The van der Waals surface area contributed by atoms with Gasteiger partial charge in [-0.15, -0.1) is 0 Å². The summed E-state index contributed by atoms with van der Waals surface area (Å²) in [5.74, 6) is 0.864. The lowest BCUT2D eigenvalue weighted by atomic mass is 9.40. The maximum atomic E-state index is 11.7. The number of aliphatic hydroxyl groups is 1. The number of amides is 2. The van der Waals surface area contributed by atoms with Gasteiger partial charge in [-0.3, -0.25) is 0 Å². The molecule has 4 fully saturated rings. The van der Waals surface area contributed by atoms with E-state index in [2.05, 4.69) is 24.5 Å². The van der Waals surface area contributed by atoms with Gasteiger partial charge < -0.3 is 15.7 Å². The van der Waals surface area contributed by atoms with E-state index < -0.39 is 0 Å². The van der Waals surface area contributed by atoms with Crippen LogP contribution in [0.25, 0.3) is 0 Å². The van der Waals surface area contributed by atoms with E-state index in [-0.39, 0.29) is 12.6 Å². The molecule has 4 saturated carbocycles. The quantitative estimate of drug-likeness (QED) is 0.740. The molecule has 0 radical (unpaired) electrons. The molecule has 4 rings (SSSR count). The molecular weight excluding hydrogens is 252 g/mol. The van der Waals surface area contributed by atoms with Crippen LogP contribution in [0.15, 0.2) is 0 Å². The smallest absolute Gasteiger partial charge is 0.314 e. The number of rotatable bonds is 4. The van der Waals surface area contributed by atoms with Crippen molar-refractivity contribution in [2.24, 2.45) is 22.2 Å². The average Bonchev–Trinajstić information content (AvgIpc) is 2.29. The van der Waals surface area contributed by atoms with Gasteiger partial charge in [-0.25, -0.2) is 4.79 Å². The maximum Gasteiger partial charge on any atom is 0.314 e. The molecule has 0 aliphatic heterocycles. The van der Waals surface area contributed by atoms with Crippen molar-refractivity contribution in [1.82, 2.24) is 10.6 Å². The van der Waals surface area contributed by atoms with E-state index >= 15 is 0 Å². The number of carbonyl (C=O) groups excluding carboxylic acids is 1. The minimum absolute atomic E-state index is 0.00320. The Labute approximate surface area is 121 Å². The summed E-state index contributed by atoms with van der Waals surface area (Å²) < 4.78 is 0. The number of aliphatic hydroxyl groups excluding tert-OH is 1. The zero-order valence-electron chi connectivity index (χ0n) is 12.8. The Morgan fingerprint density at radius 2 is 1.75 bits per heavy atom. The second-order valence-corrected chi connectivity index (χ2v) is 8.46. The molecule has 0 spiro atoms. The predicted octanol–water partition coefficient (Wildman–Crippen LogP) is 2.27. The highest BCUT2D eigenvalue weighted by Gasteiger charge is 2.59. The van der Waals surface area contributed by atoms with E-state index in [1.807, 2.05) is 0 Å². The Hall–Kier alpha value is -0.770. The summed E-state index contributed by atoms with van der Waals surface area (Å²) in [5.41, 5.74) is 1.31. The molecule has 4 bridgehead atoms. The van der Waals surface area contributed by atoms with Crippen molar-refractivity contribution in [3.63, 3.8) is 0 Å². The fourth-order valence-corrected chi connectivity index (χ4v) is 6.38. The van der Waals surface area contributed by atoms with Gasteiger partial charge in [0.25, 0.3) is 0 Å². The third-order valence-corrected chi connectivity index (χ3v) is 5.76. The predicted molar refractivity (Wildman–Crippen MR) is 78.3 cm³/mol. The third-order valence-electron chi connectivity index (χ3n) is 5.76. The molecule has 0 aromatic carbocycles. The van der Waals surface area contributed by atoms with Gasteiger partial charge in [0.15, 0.2) is 0 Å². The minimum atomic E-state index is -0.134. The third kappa shape index (κ3) is 2.54. The lowest BCUT2D eigenvalue weighted by Crippen LogP contribution is -2.58. The van der Waals surface area contributed by atoms with Gasteiger partial charge in [-0.05, 0) is 60.7 Å². The zero-order chi connectivity index (χ0) is 14.4. The van der Waals surface area contributed by atoms with Crippen LogP contribution in [0.5, 0.6) is 0 Å². The molecule has 0 heterocycles. The average molecular weight is 280 g/mol. The van der Waals surface area contributed by atoms with Crippen LogP contribution in [0.3, 0.4) is 0 Å². The number of carbonyl (C=O) groups is 1. The van der Waals surface area contributed by atoms with E-state index in [9.17, 15) is 4.79 Å². The first-order valence-corrected chi connectivity index (χ1v) is 7.99. The summed E-state index contributed by atoms with van der Waals surface area (Å²) in [6.45, 7) is 6.03. The first-order chi connectivity index (χ1) is 9.36. The van der Waals surface area contributed by atoms with Crippen LogP contribution in [0.1, 0.15) is 52.4 Å². The minimum Gasteiger partial charge on any atom is -0.395 e. The topological polar surface area (TPSA) is 61.4 Å². The van der Waals surface area contributed by atoms with Crippen LogP contribution in [0, 0.1) is 22.2 Å². The zero-order valence-corrected chi connectivity index (χ0v) is 12.8. The SMILES string of the molecule is CC12CC3CC(C)(C1)CC(CNC(=O)NCCO)(C3)C2. The Morgan fingerprint density at radius 3 is 2.30 bits per heavy atom. The van der Waals surface area contributed by atoms with Crippen LogP contribution >= 0.6 is 0 Å². The van der Waals surface area contributed by atoms with Gasteiger partial charge in [-0.2, -0.15) is 0 Å². The van der Waals surface area contributed by atoms with Crippen molar-refractivity contribution in [1.29, 1.82) is 0 Å². The number of nitrogens with one attached hydrogen (secondary N) is 2. The fourth-order valence-electron chi connectivity index (χ4n) is 6.38. The van der Waals surface area contributed by atoms with Crippen LogP contribution in [0.4, 0.5) is 4.79 Å². The van der Waals surface area contributed by atoms with Gasteiger partial charge in [0.2, 0.25) is 0 Å². The van der Waals surface area contributed by atoms with E-state index in [0.717, 1.165) is 12.5 Å². The van der Waals surface area contributed by atoms with Gasteiger partial charge in [-0.1, -0.05) is 13.8 Å². The first-order valence-electron chi connectivity index (χ1n) is 7.99. The summed E-state index contributed by atoms with van der Waals surface area (Å²) >= 11 is 0. The highest BCUT2D eigenvalue weighted by Crippen LogP contribution is 2.69. The molecule has 4 aliphatic rings. The lowest BCUT2D eigenvalue weighted by molar-refractivity contribution is -0.142. The van der Waals surface area contributed by atoms with Gasteiger partial charge in [0.1, 0.15) is 0 Å². The van der Waals surface area contributed by atoms with E-state index in [4.69, 9.17) is 5.11 Å². The van der Waals surface area contributed by atoms with E-state index in [0.29, 0.717) is 22.8 Å². The van der Waals surface area contributed by atoms with E-state index in [1.165, 1.54) is 38.5 Å². The monoisotopic (exact) mass is 280 g/mol. The van der Waals surface area contributed by atoms with Crippen molar-refractivity contribution in [3.05, 3.63) is 0 Å². The first kappa shape index (κ1) is 14.2. The second-order valence-electron chi connectivity index (χ2n) is 8.46. The van der Waals surface area contributed by atoms with Crippen molar-refractivity contribution < 1.29 is 9.90 Å². The Kier molecular flexibility index (Phi) is 3.27. The molecule has 2 amide bonds. The molecule has 0 aromatic rings. The standard InChI is InChI=1S/C16H28N2O2/c1-14-5-12-6-15(2,8-14)10-16(7-12,9-14)11-18-13(20)17-3-4-19/h12,19H,3-11H2,1-2H3,(H2,17,18,20). The Bertz CT molecular complexity index is 391. The molecule has 0 aromatic heterocycles. The second kappa shape index (κ2) is 4.62. The molecule has 4 heteroatoms.